The van der Waals surface area contributed by atoms with Gasteiger partial charge in [-0.05, 0) is 66.8 Å². The number of hydrogen-bond donors (Lipinski definition) is 1. The van der Waals surface area contributed by atoms with E-state index < -0.39 is 0 Å². The standard InChI is InChI=1S/C24H24N4O/c1-3-4-21-23(28-16-17(2)5-10-22(28)27-21)24(29)26-20-8-6-18(7-9-20)15-19-11-13-25-14-12-19/h5-14,16H,3-4,15H2,1-2H3,(H,26,29). The molecule has 29 heavy (non-hydrogen) atoms. The summed E-state index contributed by atoms with van der Waals surface area (Å²) < 4.78 is 1.90. The zero-order valence-electron chi connectivity index (χ0n) is 16.7. The molecule has 0 atom stereocenters. The molecule has 0 fully saturated rings. The molecule has 0 radical (unpaired) electrons. The molecule has 4 rings (SSSR count). The molecule has 0 saturated heterocycles. The van der Waals surface area contributed by atoms with Crippen LogP contribution >= 0.6 is 0 Å². The van der Waals surface area contributed by atoms with Crippen LogP contribution in [0.5, 0.6) is 0 Å². The highest BCUT2D eigenvalue weighted by molar-refractivity contribution is 6.04. The van der Waals surface area contributed by atoms with Gasteiger partial charge in [-0.15, -0.1) is 0 Å². The number of amides is 1. The molecule has 3 heterocycles. The average molecular weight is 384 g/mol. The van der Waals surface area contributed by atoms with E-state index in [1.54, 1.807) is 12.4 Å². The van der Waals surface area contributed by atoms with E-state index in [4.69, 9.17) is 0 Å². The number of pyridine rings is 2. The Balaban J connectivity index is 1.56. The van der Waals surface area contributed by atoms with Gasteiger partial charge in [0.2, 0.25) is 0 Å². The average Bonchev–Trinajstić information content (AvgIpc) is 3.08. The molecule has 0 unspecified atom stereocenters. The second-order valence-electron chi connectivity index (χ2n) is 7.28. The lowest BCUT2D eigenvalue weighted by molar-refractivity contribution is 0.102. The van der Waals surface area contributed by atoms with Gasteiger partial charge in [0.05, 0.1) is 5.69 Å². The molecule has 5 nitrogen and oxygen atoms in total. The highest BCUT2D eigenvalue weighted by Gasteiger charge is 2.19. The molecule has 0 aliphatic heterocycles. The van der Waals surface area contributed by atoms with Gasteiger partial charge in [-0.2, -0.15) is 0 Å². The molecule has 0 aliphatic carbocycles. The SMILES string of the molecule is CCCc1nc2ccc(C)cn2c1C(=O)Nc1ccc(Cc2ccncc2)cc1. The predicted molar refractivity (Wildman–Crippen MR) is 115 cm³/mol. The zero-order valence-corrected chi connectivity index (χ0v) is 16.7. The van der Waals surface area contributed by atoms with E-state index in [9.17, 15) is 4.79 Å². The van der Waals surface area contributed by atoms with Crippen molar-refractivity contribution >= 4 is 17.2 Å². The van der Waals surface area contributed by atoms with Gasteiger partial charge in [0.25, 0.3) is 5.91 Å². The summed E-state index contributed by atoms with van der Waals surface area (Å²) in [5.74, 6) is -0.131. The summed E-state index contributed by atoms with van der Waals surface area (Å²) in [5, 5.41) is 3.04. The highest BCUT2D eigenvalue weighted by atomic mass is 16.2. The molecule has 4 aromatic rings. The molecule has 0 bridgehead atoms. The lowest BCUT2D eigenvalue weighted by atomic mass is 10.1. The van der Waals surface area contributed by atoms with Gasteiger partial charge in [0.15, 0.2) is 0 Å². The molecule has 0 saturated carbocycles. The lowest BCUT2D eigenvalue weighted by Crippen LogP contribution is -2.16. The summed E-state index contributed by atoms with van der Waals surface area (Å²) in [4.78, 5) is 21.8. The van der Waals surface area contributed by atoms with Crippen molar-refractivity contribution in [3.8, 4) is 0 Å². The van der Waals surface area contributed by atoms with Gasteiger partial charge < -0.3 is 5.32 Å². The molecule has 3 aromatic heterocycles. The Kier molecular flexibility index (Phi) is 5.38. The Hall–Kier alpha value is -3.47. The normalized spacial score (nSPS) is 11.0. The summed E-state index contributed by atoms with van der Waals surface area (Å²) >= 11 is 0. The third-order valence-electron chi connectivity index (χ3n) is 4.91. The van der Waals surface area contributed by atoms with Gasteiger partial charge in [0.1, 0.15) is 11.3 Å². The van der Waals surface area contributed by atoms with E-state index in [0.29, 0.717) is 5.69 Å². The lowest BCUT2D eigenvalue weighted by Gasteiger charge is -2.09. The topological polar surface area (TPSA) is 59.3 Å². The van der Waals surface area contributed by atoms with Crippen molar-refractivity contribution in [2.75, 3.05) is 5.32 Å². The molecule has 1 amide bonds. The van der Waals surface area contributed by atoms with E-state index >= 15 is 0 Å². The van der Waals surface area contributed by atoms with Crippen LogP contribution in [0.25, 0.3) is 5.65 Å². The molecule has 1 aromatic carbocycles. The summed E-state index contributed by atoms with van der Waals surface area (Å²) in [6.45, 7) is 4.11. The van der Waals surface area contributed by atoms with Gasteiger partial charge in [-0.1, -0.05) is 31.5 Å². The third kappa shape index (κ3) is 4.19. The summed E-state index contributed by atoms with van der Waals surface area (Å²) in [6.07, 6.45) is 8.12. The van der Waals surface area contributed by atoms with Crippen LogP contribution in [0.1, 0.15) is 46.2 Å². The minimum absolute atomic E-state index is 0.131. The predicted octanol–water partition coefficient (Wildman–Crippen LogP) is 4.83. The number of fused-ring (bicyclic) bond motifs is 1. The fourth-order valence-corrected chi connectivity index (χ4v) is 3.48. The Morgan fingerprint density at radius 3 is 2.45 bits per heavy atom. The van der Waals surface area contributed by atoms with Crippen molar-refractivity contribution in [3.63, 3.8) is 0 Å². The maximum atomic E-state index is 13.1. The zero-order chi connectivity index (χ0) is 20.2. The number of aryl methyl sites for hydroxylation is 2. The quantitative estimate of drug-likeness (QED) is 0.518. The number of hydrogen-bond acceptors (Lipinski definition) is 3. The number of nitrogens with zero attached hydrogens (tertiary/aromatic N) is 3. The largest absolute Gasteiger partial charge is 0.321 e. The number of benzene rings is 1. The first-order valence-electron chi connectivity index (χ1n) is 9.91. The van der Waals surface area contributed by atoms with Crippen molar-refractivity contribution in [2.45, 2.75) is 33.1 Å². The number of nitrogens with one attached hydrogen (secondary N) is 1. The fraction of sp³-hybridized carbons (Fsp3) is 0.208. The second kappa shape index (κ2) is 8.27. The number of anilines is 1. The summed E-state index contributed by atoms with van der Waals surface area (Å²) in [6, 6.07) is 16.0. The molecule has 146 valence electrons. The molecule has 0 spiro atoms. The molecule has 0 aliphatic rings. The minimum Gasteiger partial charge on any atom is -0.321 e. The number of aromatic nitrogens is 3. The molecule has 5 heteroatoms. The minimum atomic E-state index is -0.131. The van der Waals surface area contributed by atoms with Crippen molar-refractivity contribution in [1.29, 1.82) is 0 Å². The van der Waals surface area contributed by atoms with Crippen LogP contribution in [0, 0.1) is 6.92 Å². The Labute approximate surface area is 170 Å². The van der Waals surface area contributed by atoms with Crippen LogP contribution < -0.4 is 5.32 Å². The maximum absolute atomic E-state index is 13.1. The van der Waals surface area contributed by atoms with Crippen molar-refractivity contribution < 1.29 is 4.79 Å². The monoisotopic (exact) mass is 384 g/mol. The van der Waals surface area contributed by atoms with Crippen molar-refractivity contribution in [2.24, 2.45) is 0 Å². The van der Waals surface area contributed by atoms with E-state index in [0.717, 1.165) is 41.9 Å². The van der Waals surface area contributed by atoms with E-state index in [1.807, 2.05) is 66.1 Å². The van der Waals surface area contributed by atoms with Gasteiger partial charge in [0, 0.05) is 24.3 Å². The maximum Gasteiger partial charge on any atom is 0.274 e. The van der Waals surface area contributed by atoms with Crippen LogP contribution in [0.3, 0.4) is 0 Å². The first-order valence-corrected chi connectivity index (χ1v) is 9.91. The Bertz CT molecular complexity index is 1130. The van der Waals surface area contributed by atoms with E-state index in [1.165, 1.54) is 11.1 Å². The smallest absolute Gasteiger partial charge is 0.274 e. The third-order valence-corrected chi connectivity index (χ3v) is 4.91. The van der Waals surface area contributed by atoms with Gasteiger partial charge in [-0.25, -0.2) is 4.98 Å². The number of carbonyl (C=O) groups excluding carboxylic acids is 1. The molecular formula is C24H24N4O. The van der Waals surface area contributed by atoms with E-state index in [2.05, 4.69) is 22.2 Å². The Morgan fingerprint density at radius 1 is 1.00 bits per heavy atom. The van der Waals surface area contributed by atoms with Gasteiger partial charge >= 0.3 is 0 Å². The molecular weight excluding hydrogens is 360 g/mol. The number of imidazole rings is 1. The first-order chi connectivity index (χ1) is 14.1. The van der Waals surface area contributed by atoms with Crippen molar-refractivity contribution in [1.82, 2.24) is 14.4 Å². The number of rotatable bonds is 6. The highest BCUT2D eigenvalue weighted by Crippen LogP contribution is 2.19. The van der Waals surface area contributed by atoms with Gasteiger partial charge in [-0.3, -0.25) is 14.2 Å². The van der Waals surface area contributed by atoms with Crippen LogP contribution in [0.15, 0.2) is 67.1 Å². The summed E-state index contributed by atoms with van der Waals surface area (Å²) in [7, 11) is 0. The van der Waals surface area contributed by atoms with Crippen LogP contribution in [0.4, 0.5) is 5.69 Å². The molecule has 1 N–H and O–H groups in total. The first kappa shape index (κ1) is 18.9. The van der Waals surface area contributed by atoms with Crippen molar-refractivity contribution in [3.05, 3.63) is 95.2 Å². The Morgan fingerprint density at radius 2 is 1.72 bits per heavy atom. The second-order valence-corrected chi connectivity index (χ2v) is 7.28. The van der Waals surface area contributed by atoms with E-state index in [-0.39, 0.29) is 5.91 Å². The van der Waals surface area contributed by atoms with Crippen LogP contribution in [-0.4, -0.2) is 20.3 Å². The number of carbonyl (C=O) groups is 1. The summed E-state index contributed by atoms with van der Waals surface area (Å²) in [5.41, 5.74) is 6.52. The van der Waals surface area contributed by atoms with Crippen LogP contribution in [0.2, 0.25) is 0 Å². The fourth-order valence-electron chi connectivity index (χ4n) is 3.48. The van der Waals surface area contributed by atoms with Crippen LogP contribution in [-0.2, 0) is 12.8 Å².